The van der Waals surface area contributed by atoms with E-state index in [0.29, 0.717) is 0 Å². The largest absolute Gasteiger partial charge is 0.496 e. The zero-order chi connectivity index (χ0) is 13.0. The highest BCUT2D eigenvalue weighted by Crippen LogP contribution is 2.22. The molecule has 0 saturated carbocycles. The summed E-state index contributed by atoms with van der Waals surface area (Å²) in [6.07, 6.45) is 1.90. The molecule has 3 nitrogen and oxygen atoms in total. The van der Waals surface area contributed by atoms with Crippen molar-refractivity contribution in [3.8, 4) is 5.75 Å². The number of nitrogens with one attached hydrogen (secondary N) is 1. The molecule has 0 amide bonds. The van der Waals surface area contributed by atoms with Gasteiger partial charge in [0, 0.05) is 34.2 Å². The normalized spacial score (nSPS) is 10.6. The Labute approximate surface area is 119 Å². The highest BCUT2D eigenvalue weighted by molar-refractivity contribution is 9.10. The Bertz CT molecular complexity index is 527. The summed E-state index contributed by atoms with van der Waals surface area (Å²) in [6, 6.07) is 6.01. The van der Waals surface area contributed by atoms with E-state index in [1.165, 1.54) is 4.88 Å². The summed E-state index contributed by atoms with van der Waals surface area (Å²) >= 11 is 5.19. The fraction of sp³-hybridized carbons (Fsp3) is 0.308. The first-order chi connectivity index (χ1) is 8.69. The summed E-state index contributed by atoms with van der Waals surface area (Å²) in [5.41, 5.74) is 1.14. The average molecular weight is 327 g/mol. The number of benzene rings is 1. The Morgan fingerprint density at radius 1 is 1.39 bits per heavy atom. The number of methoxy groups -OCH3 is 1. The van der Waals surface area contributed by atoms with Gasteiger partial charge in [-0.05, 0) is 25.1 Å². The zero-order valence-corrected chi connectivity index (χ0v) is 12.8. The molecule has 0 radical (unpaired) electrons. The predicted molar refractivity (Wildman–Crippen MR) is 78.1 cm³/mol. The maximum absolute atomic E-state index is 5.33. The number of ether oxygens (including phenoxy) is 1. The maximum Gasteiger partial charge on any atom is 0.123 e. The predicted octanol–water partition coefficient (Wildman–Crippen LogP) is 3.51. The topological polar surface area (TPSA) is 34.1 Å². The van der Waals surface area contributed by atoms with Crippen molar-refractivity contribution in [2.75, 3.05) is 7.11 Å². The second kappa shape index (κ2) is 6.31. The van der Waals surface area contributed by atoms with E-state index >= 15 is 0 Å². The first-order valence-corrected chi connectivity index (χ1v) is 7.24. The van der Waals surface area contributed by atoms with Gasteiger partial charge in [-0.1, -0.05) is 15.9 Å². The Balaban J connectivity index is 1.95. The summed E-state index contributed by atoms with van der Waals surface area (Å²) in [7, 11) is 1.69. The van der Waals surface area contributed by atoms with Gasteiger partial charge in [-0.3, -0.25) is 0 Å². The number of aromatic nitrogens is 1. The van der Waals surface area contributed by atoms with Crippen molar-refractivity contribution in [1.29, 1.82) is 0 Å². The van der Waals surface area contributed by atoms with Crippen molar-refractivity contribution in [2.24, 2.45) is 0 Å². The average Bonchev–Trinajstić information content (AvgIpc) is 2.75. The number of hydrogen-bond donors (Lipinski definition) is 1. The Hall–Kier alpha value is -0.910. The SMILES string of the molecule is COc1ccc(Br)cc1CNCc1ncc(C)s1. The molecular formula is C13H15BrN2OS. The minimum Gasteiger partial charge on any atom is -0.496 e. The third-order valence-corrected chi connectivity index (χ3v) is 3.91. The van der Waals surface area contributed by atoms with E-state index in [9.17, 15) is 0 Å². The Morgan fingerprint density at radius 3 is 2.89 bits per heavy atom. The molecule has 96 valence electrons. The van der Waals surface area contributed by atoms with E-state index in [0.717, 1.165) is 33.9 Å². The third-order valence-electron chi connectivity index (χ3n) is 2.50. The van der Waals surface area contributed by atoms with Gasteiger partial charge in [0.25, 0.3) is 0 Å². The molecule has 0 aliphatic carbocycles. The molecule has 0 bridgehead atoms. The van der Waals surface area contributed by atoms with Crippen molar-refractivity contribution >= 4 is 27.3 Å². The molecule has 0 aliphatic heterocycles. The van der Waals surface area contributed by atoms with E-state index in [4.69, 9.17) is 4.74 Å². The summed E-state index contributed by atoms with van der Waals surface area (Å²) < 4.78 is 6.39. The van der Waals surface area contributed by atoms with Gasteiger partial charge in [0.05, 0.1) is 7.11 Å². The monoisotopic (exact) mass is 326 g/mol. The fourth-order valence-corrected chi connectivity index (χ4v) is 2.84. The summed E-state index contributed by atoms with van der Waals surface area (Å²) in [5.74, 6) is 0.904. The Kier molecular flexibility index (Phi) is 4.74. The van der Waals surface area contributed by atoms with Crippen molar-refractivity contribution in [3.05, 3.63) is 44.3 Å². The first kappa shape index (κ1) is 13.5. The van der Waals surface area contributed by atoms with Crippen LogP contribution in [0.1, 0.15) is 15.4 Å². The lowest BCUT2D eigenvalue weighted by Crippen LogP contribution is -2.13. The zero-order valence-electron chi connectivity index (χ0n) is 10.4. The number of thiazole rings is 1. The van der Waals surface area contributed by atoms with Crippen LogP contribution >= 0.6 is 27.3 Å². The number of nitrogens with zero attached hydrogens (tertiary/aromatic N) is 1. The van der Waals surface area contributed by atoms with Gasteiger partial charge in [-0.25, -0.2) is 4.98 Å². The van der Waals surface area contributed by atoms with Gasteiger partial charge in [0.1, 0.15) is 10.8 Å². The molecule has 2 rings (SSSR count). The summed E-state index contributed by atoms with van der Waals surface area (Å²) in [4.78, 5) is 5.57. The molecule has 0 fully saturated rings. The van der Waals surface area contributed by atoms with Crippen molar-refractivity contribution in [1.82, 2.24) is 10.3 Å². The third kappa shape index (κ3) is 3.54. The molecule has 0 saturated heterocycles. The first-order valence-electron chi connectivity index (χ1n) is 5.63. The van der Waals surface area contributed by atoms with Gasteiger partial charge in [0.2, 0.25) is 0 Å². The summed E-state index contributed by atoms with van der Waals surface area (Å²) in [5, 5.41) is 4.49. The molecule has 1 aromatic heterocycles. The summed E-state index contributed by atoms with van der Waals surface area (Å²) in [6.45, 7) is 3.62. The number of halogens is 1. The lowest BCUT2D eigenvalue weighted by molar-refractivity contribution is 0.407. The number of rotatable bonds is 5. The minimum atomic E-state index is 0.765. The van der Waals surface area contributed by atoms with Crippen LogP contribution in [0.4, 0.5) is 0 Å². The molecule has 5 heteroatoms. The van der Waals surface area contributed by atoms with Crippen LogP contribution in [0.25, 0.3) is 0 Å². The van der Waals surface area contributed by atoms with Crippen LogP contribution in [0.3, 0.4) is 0 Å². The molecule has 1 aromatic carbocycles. The lowest BCUT2D eigenvalue weighted by atomic mass is 10.2. The second-order valence-corrected chi connectivity index (χ2v) is 6.16. The van der Waals surface area contributed by atoms with Crippen molar-refractivity contribution < 1.29 is 4.74 Å². The quantitative estimate of drug-likeness (QED) is 0.912. The molecule has 0 spiro atoms. The van der Waals surface area contributed by atoms with E-state index in [1.54, 1.807) is 18.4 Å². The van der Waals surface area contributed by atoms with Crippen LogP contribution in [-0.4, -0.2) is 12.1 Å². The van der Waals surface area contributed by atoms with Crippen molar-refractivity contribution in [2.45, 2.75) is 20.0 Å². The van der Waals surface area contributed by atoms with Gasteiger partial charge >= 0.3 is 0 Å². The number of hydrogen-bond acceptors (Lipinski definition) is 4. The van der Waals surface area contributed by atoms with Crippen LogP contribution in [0, 0.1) is 6.92 Å². The highest BCUT2D eigenvalue weighted by atomic mass is 79.9. The lowest BCUT2D eigenvalue weighted by Gasteiger charge is -2.09. The van der Waals surface area contributed by atoms with Crippen LogP contribution in [0.15, 0.2) is 28.9 Å². The van der Waals surface area contributed by atoms with Crippen LogP contribution < -0.4 is 10.1 Å². The van der Waals surface area contributed by atoms with E-state index in [1.807, 2.05) is 18.3 Å². The van der Waals surface area contributed by atoms with Crippen LogP contribution in [0.5, 0.6) is 5.75 Å². The van der Waals surface area contributed by atoms with Gasteiger partial charge < -0.3 is 10.1 Å². The van der Waals surface area contributed by atoms with Crippen LogP contribution in [-0.2, 0) is 13.1 Å². The molecule has 1 N–H and O–H groups in total. The van der Waals surface area contributed by atoms with E-state index in [-0.39, 0.29) is 0 Å². The van der Waals surface area contributed by atoms with Gasteiger partial charge in [-0.15, -0.1) is 11.3 Å². The molecule has 0 atom stereocenters. The standard InChI is InChI=1S/C13H15BrN2OS/c1-9-6-16-13(18-9)8-15-7-10-5-11(14)3-4-12(10)17-2/h3-6,15H,7-8H2,1-2H3. The molecule has 2 aromatic rings. The fourth-order valence-electron chi connectivity index (χ4n) is 1.67. The molecule has 1 heterocycles. The van der Waals surface area contributed by atoms with Crippen LogP contribution in [0.2, 0.25) is 0 Å². The Morgan fingerprint density at radius 2 is 2.22 bits per heavy atom. The van der Waals surface area contributed by atoms with E-state index < -0.39 is 0 Å². The highest BCUT2D eigenvalue weighted by Gasteiger charge is 2.04. The smallest absolute Gasteiger partial charge is 0.123 e. The van der Waals surface area contributed by atoms with Gasteiger partial charge in [-0.2, -0.15) is 0 Å². The molecule has 18 heavy (non-hydrogen) atoms. The number of aryl methyl sites for hydroxylation is 1. The molecule has 0 unspecified atom stereocenters. The molecular weight excluding hydrogens is 312 g/mol. The van der Waals surface area contributed by atoms with E-state index in [2.05, 4.69) is 39.2 Å². The second-order valence-electron chi connectivity index (χ2n) is 3.92. The minimum absolute atomic E-state index is 0.765. The maximum atomic E-state index is 5.33. The molecule has 0 aliphatic rings. The van der Waals surface area contributed by atoms with Gasteiger partial charge in [0.15, 0.2) is 0 Å². The van der Waals surface area contributed by atoms with Crippen molar-refractivity contribution in [3.63, 3.8) is 0 Å².